The molecule has 184 valence electrons. The molecule has 10 heteroatoms. The van der Waals surface area contributed by atoms with Crippen LogP contribution in [0, 0.1) is 0 Å². The van der Waals surface area contributed by atoms with Crippen LogP contribution in [0.4, 0.5) is 24.5 Å². The predicted molar refractivity (Wildman–Crippen MR) is 127 cm³/mol. The van der Waals surface area contributed by atoms with Gasteiger partial charge in [-0.15, -0.1) is 13.2 Å². The molecule has 1 aromatic heterocycles. The van der Waals surface area contributed by atoms with Gasteiger partial charge in [0.05, 0.1) is 6.54 Å². The Balaban J connectivity index is 1.46. The van der Waals surface area contributed by atoms with Gasteiger partial charge in [-0.3, -0.25) is 9.59 Å². The third-order valence-electron chi connectivity index (χ3n) is 5.74. The molecule has 1 fully saturated rings. The highest BCUT2D eigenvalue weighted by Gasteiger charge is 2.31. The molecule has 1 aliphatic heterocycles. The molecular weight excluding hydrogens is 461 g/mol. The van der Waals surface area contributed by atoms with Crippen molar-refractivity contribution in [3.05, 3.63) is 88.3 Å². The summed E-state index contributed by atoms with van der Waals surface area (Å²) in [5.74, 6) is -1.06. The number of anilines is 2. The van der Waals surface area contributed by atoms with Crippen molar-refractivity contribution >= 4 is 17.3 Å². The first-order valence-corrected chi connectivity index (χ1v) is 11.1. The van der Waals surface area contributed by atoms with Crippen LogP contribution in [0.5, 0.6) is 5.75 Å². The summed E-state index contributed by atoms with van der Waals surface area (Å²) < 4.78 is 42.2. The SMILES string of the molecule is CN1CCN(c2cccc(Cn3cccc(C(=O)Nc4ccc(OC(F)(F)F)cc4)c3=O)c2)CC1. The van der Waals surface area contributed by atoms with Gasteiger partial charge in [-0.25, -0.2) is 0 Å². The smallest absolute Gasteiger partial charge is 0.406 e. The summed E-state index contributed by atoms with van der Waals surface area (Å²) >= 11 is 0. The monoisotopic (exact) mass is 486 g/mol. The van der Waals surface area contributed by atoms with Crippen molar-refractivity contribution in [2.75, 3.05) is 43.4 Å². The number of rotatable bonds is 6. The number of hydrogen-bond acceptors (Lipinski definition) is 5. The average molecular weight is 486 g/mol. The van der Waals surface area contributed by atoms with E-state index in [1.54, 1.807) is 12.3 Å². The standard InChI is InChI=1S/C25H25F3N4O3/c1-30-12-14-31(15-13-30)20-5-2-4-18(16-20)17-32-11-3-6-22(24(32)34)23(33)29-19-7-9-21(10-8-19)35-25(26,27)28/h2-11,16H,12-15,17H2,1H3,(H,29,33). The number of hydrogen-bond donors (Lipinski definition) is 1. The Hall–Kier alpha value is -3.79. The van der Waals surface area contributed by atoms with Gasteiger partial charge in [0.25, 0.3) is 11.5 Å². The van der Waals surface area contributed by atoms with Gasteiger partial charge in [-0.1, -0.05) is 12.1 Å². The van der Waals surface area contributed by atoms with Crippen molar-refractivity contribution in [1.82, 2.24) is 9.47 Å². The Morgan fingerprint density at radius 3 is 2.40 bits per heavy atom. The molecule has 0 radical (unpaired) electrons. The molecule has 0 saturated carbocycles. The topological polar surface area (TPSA) is 66.8 Å². The Morgan fingerprint density at radius 2 is 1.71 bits per heavy atom. The van der Waals surface area contributed by atoms with Gasteiger partial charge in [-0.2, -0.15) is 0 Å². The maximum atomic E-state index is 13.0. The van der Waals surface area contributed by atoms with Crippen molar-refractivity contribution in [2.24, 2.45) is 0 Å². The zero-order chi connectivity index (χ0) is 25.0. The molecule has 1 saturated heterocycles. The van der Waals surface area contributed by atoms with Gasteiger partial charge < -0.3 is 24.4 Å². The Bertz CT molecular complexity index is 1230. The first-order valence-electron chi connectivity index (χ1n) is 11.1. The number of amides is 1. The van der Waals surface area contributed by atoms with E-state index in [2.05, 4.69) is 33.0 Å². The van der Waals surface area contributed by atoms with E-state index in [0.29, 0.717) is 6.54 Å². The maximum absolute atomic E-state index is 13.0. The third kappa shape index (κ3) is 6.42. The number of halogens is 3. The summed E-state index contributed by atoms with van der Waals surface area (Å²) in [6.45, 7) is 4.13. The quantitative estimate of drug-likeness (QED) is 0.574. The molecule has 0 aliphatic carbocycles. The van der Waals surface area contributed by atoms with E-state index in [-0.39, 0.29) is 11.3 Å². The number of alkyl halides is 3. The second-order valence-electron chi connectivity index (χ2n) is 8.34. The molecule has 2 heterocycles. The largest absolute Gasteiger partial charge is 0.573 e. The highest BCUT2D eigenvalue weighted by atomic mass is 19.4. The Kier molecular flexibility index (Phi) is 7.11. The van der Waals surface area contributed by atoms with Gasteiger partial charge >= 0.3 is 6.36 Å². The molecule has 35 heavy (non-hydrogen) atoms. The zero-order valence-electron chi connectivity index (χ0n) is 19.1. The molecule has 1 aliphatic rings. The fourth-order valence-electron chi connectivity index (χ4n) is 3.89. The molecule has 7 nitrogen and oxygen atoms in total. The normalized spacial score (nSPS) is 14.6. The number of likely N-dealkylation sites (N-methyl/N-ethyl adjacent to an activating group) is 1. The van der Waals surface area contributed by atoms with Crippen LogP contribution in [-0.2, 0) is 6.54 Å². The summed E-state index contributed by atoms with van der Waals surface area (Å²) in [5.41, 5.74) is 1.72. The van der Waals surface area contributed by atoms with E-state index in [1.165, 1.54) is 22.8 Å². The molecule has 2 aromatic carbocycles. The van der Waals surface area contributed by atoms with Gasteiger partial charge in [-0.05, 0) is 61.1 Å². The maximum Gasteiger partial charge on any atom is 0.573 e. The van der Waals surface area contributed by atoms with E-state index in [4.69, 9.17) is 0 Å². The number of piperazine rings is 1. The van der Waals surface area contributed by atoms with Crippen LogP contribution in [0.3, 0.4) is 0 Å². The summed E-state index contributed by atoms with van der Waals surface area (Å²) in [6.07, 6.45) is -3.19. The molecule has 0 bridgehead atoms. The second-order valence-corrected chi connectivity index (χ2v) is 8.34. The number of carbonyl (C=O) groups excluding carboxylic acids is 1. The minimum Gasteiger partial charge on any atom is -0.406 e. The fraction of sp³-hybridized carbons (Fsp3) is 0.280. The van der Waals surface area contributed by atoms with Crippen LogP contribution in [-0.4, -0.2) is 55.0 Å². The average Bonchev–Trinajstić information content (AvgIpc) is 2.81. The number of benzene rings is 2. The molecule has 3 aromatic rings. The van der Waals surface area contributed by atoms with E-state index < -0.39 is 23.6 Å². The van der Waals surface area contributed by atoms with Crippen LogP contribution in [0.2, 0.25) is 0 Å². The highest BCUT2D eigenvalue weighted by Crippen LogP contribution is 2.24. The minimum absolute atomic E-state index is 0.0710. The lowest BCUT2D eigenvalue weighted by Gasteiger charge is -2.34. The lowest BCUT2D eigenvalue weighted by atomic mass is 10.1. The van der Waals surface area contributed by atoms with Crippen LogP contribution < -0.4 is 20.5 Å². The van der Waals surface area contributed by atoms with Crippen molar-refractivity contribution in [1.29, 1.82) is 0 Å². The molecule has 0 atom stereocenters. The Morgan fingerprint density at radius 1 is 1.00 bits per heavy atom. The van der Waals surface area contributed by atoms with Gasteiger partial charge in [0.2, 0.25) is 0 Å². The zero-order valence-corrected chi connectivity index (χ0v) is 19.1. The van der Waals surface area contributed by atoms with Crippen LogP contribution in [0.25, 0.3) is 0 Å². The molecule has 4 rings (SSSR count). The van der Waals surface area contributed by atoms with E-state index in [0.717, 1.165) is 49.6 Å². The van der Waals surface area contributed by atoms with Gasteiger partial charge in [0.15, 0.2) is 0 Å². The molecule has 0 unspecified atom stereocenters. The first-order chi connectivity index (χ1) is 16.7. The highest BCUT2D eigenvalue weighted by molar-refractivity contribution is 6.04. The first kappa shape index (κ1) is 24.3. The number of pyridine rings is 1. The van der Waals surface area contributed by atoms with Crippen LogP contribution in [0.1, 0.15) is 15.9 Å². The fourth-order valence-corrected chi connectivity index (χ4v) is 3.89. The van der Waals surface area contributed by atoms with Crippen LogP contribution >= 0.6 is 0 Å². The van der Waals surface area contributed by atoms with E-state index in [9.17, 15) is 22.8 Å². The summed E-state index contributed by atoms with van der Waals surface area (Å²) in [4.78, 5) is 30.3. The number of aromatic nitrogens is 1. The lowest BCUT2D eigenvalue weighted by molar-refractivity contribution is -0.274. The second kappa shape index (κ2) is 10.2. The number of carbonyl (C=O) groups is 1. The lowest BCUT2D eigenvalue weighted by Crippen LogP contribution is -2.44. The minimum atomic E-state index is -4.80. The summed E-state index contributed by atoms with van der Waals surface area (Å²) in [6, 6.07) is 15.7. The summed E-state index contributed by atoms with van der Waals surface area (Å²) in [5, 5.41) is 2.54. The van der Waals surface area contributed by atoms with Crippen molar-refractivity contribution < 1.29 is 22.7 Å². The predicted octanol–water partition coefficient (Wildman–Crippen LogP) is 3.80. The molecular formula is C25H25F3N4O3. The number of nitrogens with one attached hydrogen (secondary N) is 1. The number of ether oxygens (including phenoxy) is 1. The van der Waals surface area contributed by atoms with Crippen molar-refractivity contribution in [3.63, 3.8) is 0 Å². The molecule has 1 amide bonds. The van der Waals surface area contributed by atoms with E-state index >= 15 is 0 Å². The van der Waals surface area contributed by atoms with E-state index in [1.807, 2.05) is 18.2 Å². The third-order valence-corrected chi connectivity index (χ3v) is 5.74. The molecule has 1 N–H and O–H groups in total. The summed E-state index contributed by atoms with van der Waals surface area (Å²) in [7, 11) is 2.10. The van der Waals surface area contributed by atoms with Gasteiger partial charge in [0.1, 0.15) is 11.3 Å². The number of nitrogens with zero attached hydrogens (tertiary/aromatic N) is 3. The van der Waals surface area contributed by atoms with Gasteiger partial charge in [0, 0.05) is 43.8 Å². The Labute approximate surface area is 200 Å². The van der Waals surface area contributed by atoms with Crippen molar-refractivity contribution in [2.45, 2.75) is 12.9 Å². The van der Waals surface area contributed by atoms with Crippen LogP contribution in [0.15, 0.2) is 71.7 Å². The van der Waals surface area contributed by atoms with Crippen molar-refractivity contribution in [3.8, 4) is 5.75 Å². The molecule has 0 spiro atoms.